The van der Waals surface area contributed by atoms with Crippen LogP contribution in [0.2, 0.25) is 0 Å². The summed E-state index contributed by atoms with van der Waals surface area (Å²) in [5, 5.41) is 8.76. The molecule has 1 N–H and O–H groups in total. The van der Waals surface area contributed by atoms with Crippen LogP contribution in [-0.4, -0.2) is 16.1 Å². The molecule has 2 aromatic rings. The number of hydrogen-bond acceptors (Lipinski definition) is 4. The van der Waals surface area contributed by atoms with E-state index < -0.39 is 5.97 Å². The van der Waals surface area contributed by atoms with Crippen molar-refractivity contribution in [3.8, 4) is 0 Å². The van der Waals surface area contributed by atoms with Crippen LogP contribution in [0, 0.1) is 6.92 Å². The molecule has 0 saturated heterocycles. The summed E-state index contributed by atoms with van der Waals surface area (Å²) in [5.74, 6) is 0.628. The Morgan fingerprint density at radius 3 is 2.65 bits per heavy atom. The van der Waals surface area contributed by atoms with Gasteiger partial charge in [-0.25, -0.2) is 9.78 Å². The molecule has 88 valence electrons. The van der Waals surface area contributed by atoms with E-state index in [1.165, 1.54) is 6.39 Å². The summed E-state index contributed by atoms with van der Waals surface area (Å²) >= 11 is 1.60. The number of thioether (sulfide) groups is 1. The summed E-state index contributed by atoms with van der Waals surface area (Å²) in [5.41, 5.74) is 1.21. The molecule has 1 aromatic heterocycles. The first-order valence-electron chi connectivity index (χ1n) is 5.02. The van der Waals surface area contributed by atoms with Crippen molar-refractivity contribution in [3.63, 3.8) is 0 Å². The lowest BCUT2D eigenvalue weighted by Gasteiger charge is -2.00. The SMILES string of the molecule is Cc1ocnc1CSc1ccc(C(=O)O)cc1. The van der Waals surface area contributed by atoms with E-state index in [1.54, 1.807) is 36.0 Å². The molecule has 0 aliphatic heterocycles. The molecule has 0 spiro atoms. The van der Waals surface area contributed by atoms with Crippen LogP contribution in [0.15, 0.2) is 40.0 Å². The van der Waals surface area contributed by atoms with Gasteiger partial charge in [-0.05, 0) is 31.2 Å². The van der Waals surface area contributed by atoms with Crippen molar-refractivity contribution in [1.29, 1.82) is 0 Å². The van der Waals surface area contributed by atoms with Crippen molar-refractivity contribution < 1.29 is 14.3 Å². The summed E-state index contributed by atoms with van der Waals surface area (Å²) in [4.78, 5) is 15.8. The van der Waals surface area contributed by atoms with Gasteiger partial charge in [-0.2, -0.15) is 0 Å². The smallest absolute Gasteiger partial charge is 0.335 e. The lowest BCUT2D eigenvalue weighted by atomic mass is 10.2. The van der Waals surface area contributed by atoms with E-state index in [2.05, 4.69) is 4.98 Å². The van der Waals surface area contributed by atoms with Crippen molar-refractivity contribution in [1.82, 2.24) is 4.98 Å². The topological polar surface area (TPSA) is 63.3 Å². The summed E-state index contributed by atoms with van der Waals surface area (Å²) in [7, 11) is 0. The molecule has 0 atom stereocenters. The van der Waals surface area contributed by atoms with Gasteiger partial charge in [-0.15, -0.1) is 11.8 Å². The zero-order valence-electron chi connectivity index (χ0n) is 9.21. The molecule has 0 radical (unpaired) electrons. The minimum Gasteiger partial charge on any atom is -0.478 e. The van der Waals surface area contributed by atoms with Gasteiger partial charge in [-0.1, -0.05) is 0 Å². The molecule has 2 rings (SSSR count). The molecule has 0 amide bonds. The molecule has 0 aliphatic rings. The Bertz CT molecular complexity index is 519. The summed E-state index contributed by atoms with van der Waals surface area (Å²) < 4.78 is 5.10. The van der Waals surface area contributed by atoms with Crippen LogP contribution in [0.4, 0.5) is 0 Å². The number of nitrogens with zero attached hydrogens (tertiary/aromatic N) is 1. The number of carboxylic acids is 1. The van der Waals surface area contributed by atoms with Gasteiger partial charge >= 0.3 is 5.97 Å². The number of carboxylic acid groups (broad SMARTS) is 1. The zero-order chi connectivity index (χ0) is 12.3. The molecule has 1 aromatic carbocycles. The van der Waals surface area contributed by atoms with Crippen LogP contribution in [-0.2, 0) is 5.75 Å². The van der Waals surface area contributed by atoms with Gasteiger partial charge in [0.25, 0.3) is 0 Å². The van der Waals surface area contributed by atoms with Crippen LogP contribution in [0.5, 0.6) is 0 Å². The minimum absolute atomic E-state index is 0.298. The minimum atomic E-state index is -0.908. The van der Waals surface area contributed by atoms with E-state index in [1.807, 2.05) is 6.92 Å². The van der Waals surface area contributed by atoms with Gasteiger partial charge in [0, 0.05) is 10.6 Å². The van der Waals surface area contributed by atoms with Crippen molar-refractivity contribution in [2.75, 3.05) is 0 Å². The monoisotopic (exact) mass is 249 g/mol. The molecule has 0 saturated carbocycles. The Morgan fingerprint density at radius 2 is 2.12 bits per heavy atom. The Balaban J connectivity index is 2.00. The highest BCUT2D eigenvalue weighted by Gasteiger charge is 2.05. The molecular formula is C12H11NO3S. The lowest BCUT2D eigenvalue weighted by Crippen LogP contribution is -1.94. The second-order valence-corrected chi connectivity index (χ2v) is 4.52. The van der Waals surface area contributed by atoms with Crippen LogP contribution in [0.1, 0.15) is 21.8 Å². The van der Waals surface area contributed by atoms with E-state index in [4.69, 9.17) is 9.52 Å². The summed E-state index contributed by atoms with van der Waals surface area (Å²) in [6.07, 6.45) is 1.43. The number of oxazole rings is 1. The average Bonchev–Trinajstić information content (AvgIpc) is 2.73. The maximum atomic E-state index is 10.7. The average molecular weight is 249 g/mol. The predicted octanol–water partition coefficient (Wildman–Crippen LogP) is 2.97. The van der Waals surface area contributed by atoms with E-state index in [0.717, 1.165) is 22.1 Å². The van der Waals surface area contributed by atoms with Crippen molar-refractivity contribution >= 4 is 17.7 Å². The van der Waals surface area contributed by atoms with E-state index in [9.17, 15) is 4.79 Å². The highest BCUT2D eigenvalue weighted by Crippen LogP contribution is 2.23. The quantitative estimate of drug-likeness (QED) is 0.844. The molecule has 5 heteroatoms. The van der Waals surface area contributed by atoms with E-state index in [-0.39, 0.29) is 0 Å². The Labute approximate surface area is 103 Å². The van der Waals surface area contributed by atoms with E-state index in [0.29, 0.717) is 5.56 Å². The zero-order valence-corrected chi connectivity index (χ0v) is 10.0. The van der Waals surface area contributed by atoms with E-state index >= 15 is 0 Å². The number of rotatable bonds is 4. The third kappa shape index (κ3) is 2.88. The molecule has 17 heavy (non-hydrogen) atoms. The van der Waals surface area contributed by atoms with Crippen LogP contribution >= 0.6 is 11.8 Å². The normalized spacial score (nSPS) is 10.4. The Hall–Kier alpha value is -1.75. The number of carbonyl (C=O) groups is 1. The third-order valence-corrected chi connectivity index (χ3v) is 3.34. The molecule has 0 fully saturated rings. The number of aromatic carboxylic acids is 1. The number of hydrogen-bond donors (Lipinski definition) is 1. The standard InChI is InChI=1S/C12H11NO3S/c1-8-11(13-7-16-8)6-17-10-4-2-9(3-5-10)12(14)15/h2-5,7H,6H2,1H3,(H,14,15). The second-order valence-electron chi connectivity index (χ2n) is 3.47. The first kappa shape index (κ1) is 11.7. The number of aromatic nitrogens is 1. The number of aryl methyl sites for hydroxylation is 1. The molecule has 0 unspecified atom stereocenters. The van der Waals surface area contributed by atoms with Crippen molar-refractivity contribution in [3.05, 3.63) is 47.7 Å². The van der Waals surface area contributed by atoms with Gasteiger partial charge in [0.15, 0.2) is 6.39 Å². The van der Waals surface area contributed by atoms with Crippen molar-refractivity contribution in [2.45, 2.75) is 17.6 Å². The van der Waals surface area contributed by atoms with Crippen LogP contribution < -0.4 is 0 Å². The van der Waals surface area contributed by atoms with Crippen LogP contribution in [0.3, 0.4) is 0 Å². The second kappa shape index (κ2) is 5.05. The first-order valence-corrected chi connectivity index (χ1v) is 6.00. The van der Waals surface area contributed by atoms with Crippen molar-refractivity contribution in [2.24, 2.45) is 0 Å². The van der Waals surface area contributed by atoms with Gasteiger partial charge in [0.1, 0.15) is 5.76 Å². The molecule has 0 bridgehead atoms. The van der Waals surface area contributed by atoms with Crippen LogP contribution in [0.25, 0.3) is 0 Å². The van der Waals surface area contributed by atoms with Gasteiger partial charge in [-0.3, -0.25) is 0 Å². The predicted molar refractivity (Wildman–Crippen MR) is 64.2 cm³/mol. The van der Waals surface area contributed by atoms with Gasteiger partial charge < -0.3 is 9.52 Å². The largest absolute Gasteiger partial charge is 0.478 e. The maximum Gasteiger partial charge on any atom is 0.335 e. The number of benzene rings is 1. The molecule has 0 aliphatic carbocycles. The highest BCUT2D eigenvalue weighted by molar-refractivity contribution is 7.98. The Kier molecular flexibility index (Phi) is 3.49. The fourth-order valence-corrected chi connectivity index (χ4v) is 2.22. The summed E-state index contributed by atoms with van der Waals surface area (Å²) in [6.45, 7) is 1.87. The first-order chi connectivity index (χ1) is 8.16. The van der Waals surface area contributed by atoms with Gasteiger partial charge in [0.05, 0.1) is 11.3 Å². The molecule has 4 nitrogen and oxygen atoms in total. The lowest BCUT2D eigenvalue weighted by molar-refractivity contribution is 0.0697. The Morgan fingerprint density at radius 1 is 1.41 bits per heavy atom. The maximum absolute atomic E-state index is 10.7. The highest BCUT2D eigenvalue weighted by atomic mass is 32.2. The van der Waals surface area contributed by atoms with Gasteiger partial charge in [0.2, 0.25) is 0 Å². The summed E-state index contributed by atoms with van der Waals surface area (Å²) in [6, 6.07) is 6.79. The fourth-order valence-electron chi connectivity index (χ4n) is 1.31. The fraction of sp³-hybridized carbons (Fsp3) is 0.167. The molecular weight excluding hydrogens is 238 g/mol. The molecule has 1 heterocycles. The third-order valence-electron chi connectivity index (χ3n) is 2.32.